The molecule has 0 bridgehead atoms. The Bertz CT molecular complexity index is 893. The molecule has 1 unspecified atom stereocenters. The minimum atomic E-state index is -0.0438. The molecule has 0 saturated carbocycles. The zero-order valence-electron chi connectivity index (χ0n) is 12.5. The third kappa shape index (κ3) is 2.08. The number of nitrogens with zero attached hydrogens (tertiary/aromatic N) is 3. The highest BCUT2D eigenvalue weighted by molar-refractivity contribution is 7.22. The first-order chi connectivity index (χ1) is 10.6. The molecule has 1 fully saturated rings. The van der Waals surface area contributed by atoms with Crippen LogP contribution in [-0.4, -0.2) is 38.7 Å². The molecule has 0 aliphatic carbocycles. The van der Waals surface area contributed by atoms with Gasteiger partial charge in [0.2, 0.25) is 0 Å². The van der Waals surface area contributed by atoms with Crippen LogP contribution in [0.2, 0.25) is 0 Å². The van der Waals surface area contributed by atoms with E-state index in [-0.39, 0.29) is 11.6 Å². The maximum atomic E-state index is 12.4. The van der Waals surface area contributed by atoms with Crippen molar-refractivity contribution >= 4 is 21.6 Å². The molecule has 6 nitrogen and oxygen atoms in total. The molecule has 2 N–H and O–H groups in total. The molecule has 7 heteroatoms. The highest BCUT2D eigenvalue weighted by atomic mass is 32.1. The zero-order chi connectivity index (χ0) is 15.3. The van der Waals surface area contributed by atoms with Gasteiger partial charge in [0.15, 0.2) is 0 Å². The number of aromatic amines is 2. The van der Waals surface area contributed by atoms with Crippen molar-refractivity contribution in [3.63, 3.8) is 0 Å². The van der Waals surface area contributed by atoms with Gasteiger partial charge < -0.3 is 4.98 Å². The first-order valence-corrected chi connectivity index (χ1v) is 8.19. The van der Waals surface area contributed by atoms with Gasteiger partial charge >= 0.3 is 0 Å². The number of likely N-dealkylation sites (tertiary alicyclic amines) is 1. The molecule has 1 saturated heterocycles. The van der Waals surface area contributed by atoms with Crippen LogP contribution in [0, 0.1) is 6.92 Å². The van der Waals surface area contributed by atoms with Crippen molar-refractivity contribution in [1.82, 2.24) is 25.1 Å². The van der Waals surface area contributed by atoms with E-state index in [2.05, 4.69) is 27.1 Å². The monoisotopic (exact) mass is 315 g/mol. The first kappa shape index (κ1) is 13.7. The molecule has 22 heavy (non-hydrogen) atoms. The van der Waals surface area contributed by atoms with E-state index in [1.807, 2.05) is 13.0 Å². The molecule has 0 amide bonds. The smallest absolute Gasteiger partial charge is 0.268 e. The Morgan fingerprint density at radius 3 is 3.00 bits per heavy atom. The van der Waals surface area contributed by atoms with Crippen LogP contribution in [0.3, 0.4) is 0 Å². The Labute approximate surface area is 131 Å². The van der Waals surface area contributed by atoms with Crippen LogP contribution in [0.5, 0.6) is 0 Å². The summed E-state index contributed by atoms with van der Waals surface area (Å²) in [6, 6.07) is 2.21. The fraction of sp³-hybridized carbons (Fsp3) is 0.400. The van der Waals surface area contributed by atoms with E-state index < -0.39 is 0 Å². The van der Waals surface area contributed by atoms with Crippen molar-refractivity contribution in [3.8, 4) is 10.4 Å². The van der Waals surface area contributed by atoms with Crippen LogP contribution in [0.4, 0.5) is 0 Å². The minimum Gasteiger partial charge on any atom is -0.308 e. The van der Waals surface area contributed by atoms with Gasteiger partial charge in [0.05, 0.1) is 17.8 Å². The number of hydrogen-bond donors (Lipinski definition) is 2. The number of fused-ring (bicyclic) bond motifs is 1. The molecule has 1 atom stereocenters. The van der Waals surface area contributed by atoms with Gasteiger partial charge in [-0.05, 0) is 39.4 Å². The van der Waals surface area contributed by atoms with Crippen molar-refractivity contribution in [3.05, 3.63) is 34.1 Å². The number of thiophene rings is 1. The van der Waals surface area contributed by atoms with Gasteiger partial charge in [0.1, 0.15) is 10.5 Å². The van der Waals surface area contributed by atoms with Crippen molar-refractivity contribution in [2.75, 3.05) is 13.6 Å². The molecule has 3 aromatic rings. The van der Waals surface area contributed by atoms with E-state index in [4.69, 9.17) is 4.98 Å². The molecule has 0 radical (unpaired) electrons. The van der Waals surface area contributed by atoms with Crippen LogP contribution in [0.1, 0.15) is 30.4 Å². The summed E-state index contributed by atoms with van der Waals surface area (Å²) in [5.74, 6) is 0.783. The number of aromatic nitrogens is 4. The standard InChI is InChI=1S/C15H17N5OS/c1-8-9(7-16-19-8)12-6-10-13(22-12)15(21)18-14(17-10)11-4-3-5-20(11)2/h6-7,11H,3-5H2,1-2H3,(H,16,19)(H,17,18,21). The van der Waals surface area contributed by atoms with Gasteiger partial charge in [0.25, 0.3) is 5.56 Å². The lowest BCUT2D eigenvalue weighted by atomic mass is 10.2. The SMILES string of the molecule is Cc1[nH]ncc1-c1cc2nc(C3CCCN3C)[nH]c(=O)c2s1. The van der Waals surface area contributed by atoms with Crippen LogP contribution < -0.4 is 5.56 Å². The van der Waals surface area contributed by atoms with Gasteiger partial charge in [-0.2, -0.15) is 5.10 Å². The van der Waals surface area contributed by atoms with Gasteiger partial charge in [-0.1, -0.05) is 0 Å². The predicted octanol–water partition coefficient (Wildman–Crippen LogP) is 2.45. The second-order valence-corrected chi connectivity index (χ2v) is 6.88. The highest BCUT2D eigenvalue weighted by Crippen LogP contribution is 2.33. The highest BCUT2D eigenvalue weighted by Gasteiger charge is 2.25. The second-order valence-electron chi connectivity index (χ2n) is 5.82. The fourth-order valence-corrected chi connectivity index (χ4v) is 4.16. The summed E-state index contributed by atoms with van der Waals surface area (Å²) in [5, 5.41) is 6.98. The number of H-pyrrole nitrogens is 2. The quantitative estimate of drug-likeness (QED) is 0.761. The molecule has 1 aliphatic rings. The molecular formula is C15H17N5OS. The summed E-state index contributed by atoms with van der Waals surface area (Å²) in [4.78, 5) is 23.4. The average molecular weight is 315 g/mol. The van der Waals surface area contributed by atoms with E-state index in [0.717, 1.165) is 46.9 Å². The summed E-state index contributed by atoms with van der Waals surface area (Å²) < 4.78 is 0.681. The zero-order valence-corrected chi connectivity index (χ0v) is 13.3. The van der Waals surface area contributed by atoms with E-state index in [9.17, 15) is 4.79 Å². The van der Waals surface area contributed by atoms with E-state index in [0.29, 0.717) is 4.70 Å². The molecule has 3 aromatic heterocycles. The maximum absolute atomic E-state index is 12.4. The third-order valence-corrected chi connectivity index (χ3v) is 5.49. The average Bonchev–Trinajstić information content (AvgIpc) is 3.17. The lowest BCUT2D eigenvalue weighted by molar-refractivity contribution is 0.306. The number of hydrogen-bond acceptors (Lipinski definition) is 5. The summed E-state index contributed by atoms with van der Waals surface area (Å²) in [6.07, 6.45) is 3.98. The molecule has 0 spiro atoms. The molecule has 114 valence electrons. The number of nitrogens with one attached hydrogen (secondary N) is 2. The summed E-state index contributed by atoms with van der Waals surface area (Å²) in [5.41, 5.74) is 2.76. The Balaban J connectivity index is 1.85. The molecule has 1 aliphatic heterocycles. The van der Waals surface area contributed by atoms with E-state index in [1.165, 1.54) is 11.3 Å². The van der Waals surface area contributed by atoms with E-state index >= 15 is 0 Å². The van der Waals surface area contributed by atoms with Crippen LogP contribution in [0.15, 0.2) is 17.1 Å². The summed E-state index contributed by atoms with van der Waals surface area (Å²) >= 11 is 1.47. The maximum Gasteiger partial charge on any atom is 0.268 e. The van der Waals surface area contributed by atoms with Gasteiger partial charge in [-0.25, -0.2) is 4.98 Å². The minimum absolute atomic E-state index is 0.0438. The topological polar surface area (TPSA) is 77.7 Å². The van der Waals surface area contributed by atoms with Crippen LogP contribution in [0.25, 0.3) is 20.7 Å². The lowest BCUT2D eigenvalue weighted by Crippen LogP contribution is -2.22. The largest absolute Gasteiger partial charge is 0.308 e. The van der Waals surface area contributed by atoms with Gasteiger partial charge in [-0.15, -0.1) is 11.3 Å². The first-order valence-electron chi connectivity index (χ1n) is 7.38. The number of aryl methyl sites for hydroxylation is 1. The molecule has 4 heterocycles. The number of rotatable bonds is 2. The van der Waals surface area contributed by atoms with Crippen molar-refractivity contribution < 1.29 is 0 Å². The van der Waals surface area contributed by atoms with Crippen molar-refractivity contribution in [1.29, 1.82) is 0 Å². The van der Waals surface area contributed by atoms with Gasteiger partial charge in [0, 0.05) is 16.1 Å². The predicted molar refractivity (Wildman–Crippen MR) is 87.2 cm³/mol. The Kier molecular flexibility index (Phi) is 3.12. The van der Waals surface area contributed by atoms with Crippen LogP contribution >= 0.6 is 11.3 Å². The van der Waals surface area contributed by atoms with E-state index in [1.54, 1.807) is 6.20 Å². The van der Waals surface area contributed by atoms with Gasteiger partial charge in [-0.3, -0.25) is 14.8 Å². The molecule has 4 rings (SSSR count). The molecular weight excluding hydrogens is 298 g/mol. The Morgan fingerprint density at radius 1 is 1.45 bits per heavy atom. The summed E-state index contributed by atoms with van der Waals surface area (Å²) in [6.45, 7) is 3.03. The Morgan fingerprint density at radius 2 is 2.32 bits per heavy atom. The summed E-state index contributed by atoms with van der Waals surface area (Å²) in [7, 11) is 2.08. The normalized spacial score (nSPS) is 19.3. The third-order valence-electron chi connectivity index (χ3n) is 4.33. The van der Waals surface area contributed by atoms with Crippen LogP contribution in [-0.2, 0) is 0 Å². The Hall–Kier alpha value is -1.99. The van der Waals surface area contributed by atoms with Crippen molar-refractivity contribution in [2.24, 2.45) is 0 Å². The fourth-order valence-electron chi connectivity index (χ4n) is 3.10. The lowest BCUT2D eigenvalue weighted by Gasteiger charge is -2.17. The van der Waals surface area contributed by atoms with Crippen molar-refractivity contribution in [2.45, 2.75) is 25.8 Å². The molecule has 0 aromatic carbocycles. The second kappa shape index (κ2) is 5.03.